The Labute approximate surface area is 113 Å². The van der Waals surface area contributed by atoms with Crippen molar-refractivity contribution in [1.82, 2.24) is 0 Å². The molecule has 1 atom stereocenters. The van der Waals surface area contributed by atoms with E-state index in [4.69, 9.17) is 14.6 Å². The van der Waals surface area contributed by atoms with Crippen molar-refractivity contribution >= 4 is 5.97 Å². The molecule has 4 nitrogen and oxygen atoms in total. The first kappa shape index (κ1) is 13.9. The second-order valence-corrected chi connectivity index (χ2v) is 5.02. The van der Waals surface area contributed by atoms with Gasteiger partial charge in [-0.3, -0.25) is 4.79 Å². The van der Waals surface area contributed by atoms with Crippen LogP contribution in [0.5, 0.6) is 5.75 Å². The quantitative estimate of drug-likeness (QED) is 0.887. The summed E-state index contributed by atoms with van der Waals surface area (Å²) >= 11 is 0. The molecule has 104 valence electrons. The molecule has 0 saturated carbocycles. The minimum absolute atomic E-state index is 0.209. The van der Waals surface area contributed by atoms with Crippen molar-refractivity contribution in [2.45, 2.75) is 32.3 Å². The first-order chi connectivity index (χ1) is 9.15. The van der Waals surface area contributed by atoms with Gasteiger partial charge in [0, 0.05) is 12.8 Å². The standard InChI is InChI=1S/C15H20O4/c1-11(15(16)17)9-12-3-2-4-14(10-12)19-13-5-7-18-8-6-13/h2-4,10-11,13H,5-9H2,1H3,(H,16,17). The van der Waals surface area contributed by atoms with Crippen LogP contribution in [0.2, 0.25) is 0 Å². The maximum absolute atomic E-state index is 10.9. The molecule has 0 aliphatic carbocycles. The summed E-state index contributed by atoms with van der Waals surface area (Å²) < 4.78 is 11.2. The van der Waals surface area contributed by atoms with Crippen molar-refractivity contribution in [2.75, 3.05) is 13.2 Å². The van der Waals surface area contributed by atoms with Crippen LogP contribution in [0.1, 0.15) is 25.3 Å². The van der Waals surface area contributed by atoms with E-state index in [-0.39, 0.29) is 12.0 Å². The van der Waals surface area contributed by atoms with E-state index in [2.05, 4.69) is 0 Å². The van der Waals surface area contributed by atoms with Crippen LogP contribution in [0.3, 0.4) is 0 Å². The fraction of sp³-hybridized carbons (Fsp3) is 0.533. The Kier molecular flexibility index (Phi) is 4.80. The minimum atomic E-state index is -0.768. The van der Waals surface area contributed by atoms with Crippen LogP contribution in [-0.2, 0) is 16.0 Å². The summed E-state index contributed by atoms with van der Waals surface area (Å²) in [6.45, 7) is 3.22. The second kappa shape index (κ2) is 6.57. The first-order valence-electron chi connectivity index (χ1n) is 6.71. The van der Waals surface area contributed by atoms with Gasteiger partial charge < -0.3 is 14.6 Å². The number of hydrogen-bond acceptors (Lipinski definition) is 3. The minimum Gasteiger partial charge on any atom is -0.490 e. The smallest absolute Gasteiger partial charge is 0.306 e. The predicted octanol–water partition coefficient (Wildman–Crippen LogP) is 2.51. The summed E-state index contributed by atoms with van der Waals surface area (Å²) in [6, 6.07) is 7.72. The molecule has 0 amide bonds. The van der Waals surface area contributed by atoms with Crippen molar-refractivity contribution < 1.29 is 19.4 Å². The maximum atomic E-state index is 10.9. The van der Waals surface area contributed by atoms with Gasteiger partial charge >= 0.3 is 5.97 Å². The van der Waals surface area contributed by atoms with Gasteiger partial charge in [0.2, 0.25) is 0 Å². The van der Waals surface area contributed by atoms with Gasteiger partial charge in [0.1, 0.15) is 11.9 Å². The van der Waals surface area contributed by atoms with Crippen molar-refractivity contribution in [3.05, 3.63) is 29.8 Å². The SMILES string of the molecule is CC(Cc1cccc(OC2CCOCC2)c1)C(=O)O. The number of aliphatic carboxylic acids is 1. The molecule has 0 radical (unpaired) electrons. The third-order valence-corrected chi connectivity index (χ3v) is 3.33. The van der Waals surface area contributed by atoms with Crippen LogP contribution in [0.4, 0.5) is 0 Å². The summed E-state index contributed by atoms with van der Waals surface area (Å²) in [7, 11) is 0. The molecule has 2 rings (SSSR count). The fourth-order valence-electron chi connectivity index (χ4n) is 2.17. The van der Waals surface area contributed by atoms with E-state index < -0.39 is 5.97 Å². The van der Waals surface area contributed by atoms with Crippen LogP contribution >= 0.6 is 0 Å². The number of ether oxygens (including phenoxy) is 2. The van der Waals surface area contributed by atoms with Gasteiger partial charge in [-0.25, -0.2) is 0 Å². The summed E-state index contributed by atoms with van der Waals surface area (Å²) in [5.41, 5.74) is 0.999. The normalized spacial score (nSPS) is 17.9. The number of rotatable bonds is 5. The number of carboxylic acid groups (broad SMARTS) is 1. The molecule has 19 heavy (non-hydrogen) atoms. The van der Waals surface area contributed by atoms with Gasteiger partial charge in [0.15, 0.2) is 0 Å². The van der Waals surface area contributed by atoms with E-state index in [1.54, 1.807) is 6.92 Å². The van der Waals surface area contributed by atoms with Gasteiger partial charge in [0.25, 0.3) is 0 Å². The average molecular weight is 264 g/mol. The van der Waals surface area contributed by atoms with Crippen LogP contribution in [0, 0.1) is 5.92 Å². The Balaban J connectivity index is 1.96. The van der Waals surface area contributed by atoms with Crippen LogP contribution in [0.15, 0.2) is 24.3 Å². The van der Waals surface area contributed by atoms with E-state index >= 15 is 0 Å². The van der Waals surface area contributed by atoms with Crippen molar-refractivity contribution in [3.8, 4) is 5.75 Å². The maximum Gasteiger partial charge on any atom is 0.306 e. The van der Waals surface area contributed by atoms with E-state index in [1.807, 2.05) is 24.3 Å². The number of hydrogen-bond donors (Lipinski definition) is 1. The molecule has 1 aromatic rings. The van der Waals surface area contributed by atoms with E-state index in [1.165, 1.54) is 0 Å². The van der Waals surface area contributed by atoms with Crippen LogP contribution in [-0.4, -0.2) is 30.4 Å². The zero-order chi connectivity index (χ0) is 13.7. The number of benzene rings is 1. The molecular formula is C15H20O4. The lowest BCUT2D eigenvalue weighted by Crippen LogP contribution is -2.25. The Morgan fingerprint density at radius 1 is 1.47 bits per heavy atom. The van der Waals surface area contributed by atoms with Gasteiger partial charge in [-0.15, -0.1) is 0 Å². The highest BCUT2D eigenvalue weighted by Crippen LogP contribution is 2.20. The second-order valence-electron chi connectivity index (χ2n) is 5.02. The van der Waals surface area contributed by atoms with Crippen LogP contribution in [0.25, 0.3) is 0 Å². The number of carboxylic acids is 1. The molecular weight excluding hydrogens is 244 g/mol. The first-order valence-corrected chi connectivity index (χ1v) is 6.71. The van der Waals surface area contributed by atoms with E-state index in [0.29, 0.717) is 6.42 Å². The lowest BCUT2D eigenvalue weighted by molar-refractivity contribution is -0.141. The van der Waals surface area contributed by atoms with E-state index in [9.17, 15) is 4.79 Å². The Morgan fingerprint density at radius 2 is 2.21 bits per heavy atom. The molecule has 0 bridgehead atoms. The zero-order valence-electron chi connectivity index (χ0n) is 11.2. The van der Waals surface area contributed by atoms with Crippen LogP contribution < -0.4 is 4.74 Å². The Morgan fingerprint density at radius 3 is 2.89 bits per heavy atom. The topological polar surface area (TPSA) is 55.8 Å². The molecule has 0 aromatic heterocycles. The molecule has 1 N–H and O–H groups in total. The summed E-state index contributed by atoms with van der Waals surface area (Å²) in [5, 5.41) is 8.93. The van der Waals surface area contributed by atoms with Gasteiger partial charge in [-0.05, 0) is 24.1 Å². The zero-order valence-corrected chi connectivity index (χ0v) is 11.2. The summed E-state index contributed by atoms with van der Waals surface area (Å²) in [5.74, 6) is -0.323. The molecule has 1 saturated heterocycles. The lowest BCUT2D eigenvalue weighted by atomic mass is 10.0. The molecule has 1 aliphatic rings. The van der Waals surface area contributed by atoms with Gasteiger partial charge in [0.05, 0.1) is 19.1 Å². The third kappa shape index (κ3) is 4.24. The molecule has 1 aromatic carbocycles. The molecule has 0 spiro atoms. The highest BCUT2D eigenvalue weighted by Gasteiger charge is 2.16. The third-order valence-electron chi connectivity index (χ3n) is 3.33. The van der Waals surface area contributed by atoms with Crippen molar-refractivity contribution in [3.63, 3.8) is 0 Å². The highest BCUT2D eigenvalue weighted by molar-refractivity contribution is 5.69. The van der Waals surface area contributed by atoms with Crippen molar-refractivity contribution in [2.24, 2.45) is 5.92 Å². The number of carbonyl (C=O) groups is 1. The van der Waals surface area contributed by atoms with E-state index in [0.717, 1.165) is 37.4 Å². The molecule has 4 heteroatoms. The largest absolute Gasteiger partial charge is 0.490 e. The molecule has 1 heterocycles. The highest BCUT2D eigenvalue weighted by atomic mass is 16.5. The van der Waals surface area contributed by atoms with Gasteiger partial charge in [-0.1, -0.05) is 19.1 Å². The summed E-state index contributed by atoms with van der Waals surface area (Å²) in [6.07, 6.45) is 2.56. The molecule has 1 unspecified atom stereocenters. The fourth-order valence-corrected chi connectivity index (χ4v) is 2.17. The lowest BCUT2D eigenvalue weighted by Gasteiger charge is -2.23. The molecule has 1 aliphatic heterocycles. The Hall–Kier alpha value is -1.55. The van der Waals surface area contributed by atoms with Gasteiger partial charge in [-0.2, -0.15) is 0 Å². The average Bonchev–Trinajstić information content (AvgIpc) is 2.40. The predicted molar refractivity (Wildman–Crippen MR) is 71.4 cm³/mol. The Bertz CT molecular complexity index is 424. The summed E-state index contributed by atoms with van der Waals surface area (Å²) in [4.78, 5) is 10.9. The monoisotopic (exact) mass is 264 g/mol. The van der Waals surface area contributed by atoms with Crippen molar-refractivity contribution in [1.29, 1.82) is 0 Å². The molecule has 1 fully saturated rings.